The molecule has 1 amide bonds. The van der Waals surface area contributed by atoms with E-state index in [1.54, 1.807) is 0 Å². The predicted molar refractivity (Wildman–Crippen MR) is 79.5 cm³/mol. The summed E-state index contributed by atoms with van der Waals surface area (Å²) in [7, 11) is 0. The summed E-state index contributed by atoms with van der Waals surface area (Å²) in [6, 6.07) is 0.200. The molecule has 2 fully saturated rings. The number of piperidine rings is 1. The van der Waals surface area contributed by atoms with Crippen molar-refractivity contribution in [3.63, 3.8) is 0 Å². The Bertz CT molecular complexity index is 297. The largest absolute Gasteiger partial charge is 0.378 e. The molecule has 0 saturated carbocycles. The van der Waals surface area contributed by atoms with Crippen LogP contribution in [0.25, 0.3) is 0 Å². The van der Waals surface area contributed by atoms with Crippen LogP contribution in [0.4, 0.5) is 0 Å². The minimum atomic E-state index is 0.200. The number of nitrogens with two attached hydrogens (primary N) is 1. The number of nitrogens with zero attached hydrogens (tertiary/aromatic N) is 2. The van der Waals surface area contributed by atoms with Gasteiger partial charge in [-0.2, -0.15) is 0 Å². The van der Waals surface area contributed by atoms with Crippen LogP contribution in [0, 0.1) is 0 Å². The average Bonchev–Trinajstić information content (AvgIpc) is 3.00. The monoisotopic (exact) mass is 283 g/mol. The first-order valence-electron chi connectivity index (χ1n) is 8.08. The van der Waals surface area contributed by atoms with Crippen LogP contribution in [0.1, 0.15) is 39.0 Å². The second-order valence-electron chi connectivity index (χ2n) is 5.87. The quantitative estimate of drug-likeness (QED) is 0.784. The molecule has 2 heterocycles. The summed E-state index contributed by atoms with van der Waals surface area (Å²) in [5, 5.41) is 0. The normalized spacial score (nSPS) is 23.2. The van der Waals surface area contributed by atoms with E-state index in [1.165, 1.54) is 0 Å². The molecule has 20 heavy (non-hydrogen) atoms. The standard InChI is InChI=1S/C15H29N3O2/c1-2-20-14-5-9-17(10-6-14)13(12-16)11-15(19)18-7-3-4-8-18/h13-14H,2-12,16H2,1H3. The summed E-state index contributed by atoms with van der Waals surface area (Å²) >= 11 is 0. The smallest absolute Gasteiger partial charge is 0.224 e. The third-order valence-electron chi connectivity index (χ3n) is 4.54. The van der Waals surface area contributed by atoms with Crippen molar-refractivity contribution in [2.24, 2.45) is 5.73 Å². The zero-order valence-corrected chi connectivity index (χ0v) is 12.7. The van der Waals surface area contributed by atoms with Gasteiger partial charge in [-0.3, -0.25) is 9.69 Å². The van der Waals surface area contributed by atoms with Crippen molar-refractivity contribution in [2.45, 2.75) is 51.2 Å². The van der Waals surface area contributed by atoms with Gasteiger partial charge in [0.05, 0.1) is 6.10 Å². The summed E-state index contributed by atoms with van der Waals surface area (Å²) in [6.45, 7) is 7.27. The third-order valence-corrected chi connectivity index (χ3v) is 4.54. The Morgan fingerprint density at radius 1 is 1.25 bits per heavy atom. The molecule has 116 valence electrons. The lowest BCUT2D eigenvalue weighted by Gasteiger charge is -2.37. The maximum Gasteiger partial charge on any atom is 0.224 e. The molecule has 0 spiro atoms. The van der Waals surface area contributed by atoms with Gasteiger partial charge in [-0.05, 0) is 32.6 Å². The van der Waals surface area contributed by atoms with Crippen molar-refractivity contribution in [1.29, 1.82) is 0 Å². The second kappa shape index (κ2) is 7.96. The maximum absolute atomic E-state index is 12.2. The molecule has 0 aromatic carbocycles. The molecule has 0 radical (unpaired) electrons. The van der Waals surface area contributed by atoms with E-state index in [2.05, 4.69) is 4.90 Å². The van der Waals surface area contributed by atoms with Crippen LogP contribution in [-0.2, 0) is 9.53 Å². The van der Waals surface area contributed by atoms with E-state index in [9.17, 15) is 4.79 Å². The van der Waals surface area contributed by atoms with E-state index in [0.29, 0.717) is 19.1 Å². The van der Waals surface area contributed by atoms with Gasteiger partial charge in [0, 0.05) is 51.8 Å². The molecule has 5 heteroatoms. The van der Waals surface area contributed by atoms with E-state index < -0.39 is 0 Å². The van der Waals surface area contributed by atoms with Gasteiger partial charge in [-0.15, -0.1) is 0 Å². The molecule has 2 rings (SSSR count). The molecule has 1 atom stereocenters. The Morgan fingerprint density at radius 2 is 1.90 bits per heavy atom. The number of carbonyl (C=O) groups excluding carboxylic acids is 1. The fourth-order valence-electron chi connectivity index (χ4n) is 3.30. The molecule has 2 aliphatic rings. The van der Waals surface area contributed by atoms with Gasteiger partial charge >= 0.3 is 0 Å². The summed E-state index contributed by atoms with van der Waals surface area (Å²) in [4.78, 5) is 16.6. The van der Waals surface area contributed by atoms with Crippen LogP contribution < -0.4 is 5.73 Å². The van der Waals surface area contributed by atoms with Gasteiger partial charge in [-0.25, -0.2) is 0 Å². The van der Waals surface area contributed by atoms with Gasteiger partial charge < -0.3 is 15.4 Å². The Kier molecular flexibility index (Phi) is 6.26. The van der Waals surface area contributed by atoms with Crippen LogP contribution in [0.2, 0.25) is 0 Å². The number of ether oxygens (including phenoxy) is 1. The summed E-state index contributed by atoms with van der Waals surface area (Å²) in [5.41, 5.74) is 5.90. The summed E-state index contributed by atoms with van der Waals surface area (Å²) < 4.78 is 5.67. The number of hydrogen-bond acceptors (Lipinski definition) is 4. The SMILES string of the molecule is CCOC1CCN(C(CN)CC(=O)N2CCCC2)CC1. The highest BCUT2D eigenvalue weighted by molar-refractivity contribution is 5.77. The molecule has 5 nitrogen and oxygen atoms in total. The number of hydrogen-bond donors (Lipinski definition) is 1. The molecular formula is C15H29N3O2. The van der Waals surface area contributed by atoms with E-state index in [1.807, 2.05) is 11.8 Å². The Balaban J connectivity index is 1.78. The summed E-state index contributed by atoms with van der Waals surface area (Å²) in [6.07, 6.45) is 5.39. The van der Waals surface area contributed by atoms with Gasteiger partial charge in [0.2, 0.25) is 5.91 Å². The summed E-state index contributed by atoms with van der Waals surface area (Å²) in [5.74, 6) is 0.282. The second-order valence-corrected chi connectivity index (χ2v) is 5.87. The Hall–Kier alpha value is -0.650. The van der Waals surface area contributed by atoms with Crippen molar-refractivity contribution in [1.82, 2.24) is 9.80 Å². The molecule has 2 aliphatic heterocycles. The first-order valence-corrected chi connectivity index (χ1v) is 8.08. The van der Waals surface area contributed by atoms with Crippen molar-refractivity contribution in [2.75, 3.05) is 39.3 Å². The Labute approximate surface area is 122 Å². The lowest BCUT2D eigenvalue weighted by atomic mass is 10.0. The Morgan fingerprint density at radius 3 is 2.45 bits per heavy atom. The van der Waals surface area contributed by atoms with Crippen molar-refractivity contribution >= 4 is 5.91 Å². The zero-order chi connectivity index (χ0) is 14.4. The highest BCUT2D eigenvalue weighted by Gasteiger charge is 2.28. The van der Waals surface area contributed by atoms with E-state index in [0.717, 1.165) is 58.5 Å². The van der Waals surface area contributed by atoms with Gasteiger partial charge in [0.15, 0.2) is 0 Å². The van der Waals surface area contributed by atoms with Crippen LogP contribution >= 0.6 is 0 Å². The number of carbonyl (C=O) groups is 1. The number of amides is 1. The first kappa shape index (κ1) is 15.7. The van der Waals surface area contributed by atoms with E-state index in [-0.39, 0.29) is 11.9 Å². The predicted octanol–water partition coefficient (Wildman–Crippen LogP) is 0.827. The lowest BCUT2D eigenvalue weighted by Crippen LogP contribution is -2.48. The lowest BCUT2D eigenvalue weighted by molar-refractivity contribution is -0.131. The number of rotatable bonds is 6. The van der Waals surface area contributed by atoms with Crippen LogP contribution in [-0.4, -0.2) is 67.2 Å². The topological polar surface area (TPSA) is 58.8 Å². The van der Waals surface area contributed by atoms with Crippen LogP contribution in [0.15, 0.2) is 0 Å². The van der Waals surface area contributed by atoms with Crippen molar-refractivity contribution < 1.29 is 9.53 Å². The highest BCUT2D eigenvalue weighted by atomic mass is 16.5. The van der Waals surface area contributed by atoms with E-state index >= 15 is 0 Å². The maximum atomic E-state index is 12.2. The highest BCUT2D eigenvalue weighted by Crippen LogP contribution is 2.18. The molecule has 2 N–H and O–H groups in total. The molecule has 0 aromatic rings. The fraction of sp³-hybridized carbons (Fsp3) is 0.933. The van der Waals surface area contributed by atoms with Gasteiger partial charge in [0.25, 0.3) is 0 Å². The minimum Gasteiger partial charge on any atom is -0.378 e. The molecule has 0 bridgehead atoms. The van der Waals surface area contributed by atoms with Crippen LogP contribution in [0.3, 0.4) is 0 Å². The van der Waals surface area contributed by atoms with Crippen LogP contribution in [0.5, 0.6) is 0 Å². The van der Waals surface area contributed by atoms with E-state index in [4.69, 9.17) is 10.5 Å². The van der Waals surface area contributed by atoms with Gasteiger partial charge in [-0.1, -0.05) is 0 Å². The fourth-order valence-corrected chi connectivity index (χ4v) is 3.30. The molecule has 0 aromatic heterocycles. The van der Waals surface area contributed by atoms with Crippen molar-refractivity contribution in [3.05, 3.63) is 0 Å². The number of likely N-dealkylation sites (tertiary alicyclic amines) is 2. The molecule has 0 aliphatic carbocycles. The molecule has 1 unspecified atom stereocenters. The average molecular weight is 283 g/mol. The molecule has 2 saturated heterocycles. The molecular weight excluding hydrogens is 254 g/mol. The third kappa shape index (κ3) is 4.17. The van der Waals surface area contributed by atoms with Gasteiger partial charge in [0.1, 0.15) is 0 Å². The minimum absolute atomic E-state index is 0.200. The first-order chi connectivity index (χ1) is 9.74. The van der Waals surface area contributed by atoms with Crippen molar-refractivity contribution in [3.8, 4) is 0 Å². The zero-order valence-electron chi connectivity index (χ0n) is 12.7.